The van der Waals surface area contributed by atoms with E-state index in [1.165, 1.54) is 12.1 Å². The zero-order chi connectivity index (χ0) is 16.1. The Labute approximate surface area is 134 Å². The summed E-state index contributed by atoms with van der Waals surface area (Å²) in [6, 6.07) is 13.3. The standard InChI is InChI=1S/C18H18FNO3/c19-16-5-2-6-17(12-16)23-13-14-3-1-4-15(11-14)18(21)20-7-9-22-10-8-20/h1-6,11-12H,7-10,13H2. The Hall–Kier alpha value is -2.40. The smallest absolute Gasteiger partial charge is 0.254 e. The molecule has 1 aliphatic rings. The number of benzene rings is 2. The van der Waals surface area contributed by atoms with Crippen molar-refractivity contribution in [1.29, 1.82) is 0 Å². The summed E-state index contributed by atoms with van der Waals surface area (Å²) in [7, 11) is 0. The van der Waals surface area contributed by atoms with Gasteiger partial charge in [-0.3, -0.25) is 4.79 Å². The van der Waals surface area contributed by atoms with E-state index in [1.54, 1.807) is 23.1 Å². The molecule has 3 rings (SSSR count). The van der Waals surface area contributed by atoms with E-state index in [0.717, 1.165) is 5.56 Å². The summed E-state index contributed by atoms with van der Waals surface area (Å²) in [6.45, 7) is 2.67. The molecule has 0 saturated carbocycles. The van der Waals surface area contributed by atoms with Crippen LogP contribution in [0.15, 0.2) is 48.5 Å². The zero-order valence-electron chi connectivity index (χ0n) is 12.7. The van der Waals surface area contributed by atoms with Gasteiger partial charge in [-0.2, -0.15) is 0 Å². The van der Waals surface area contributed by atoms with Gasteiger partial charge in [0.25, 0.3) is 5.91 Å². The van der Waals surface area contributed by atoms with Crippen LogP contribution in [-0.2, 0) is 11.3 Å². The second kappa shape index (κ2) is 7.24. The van der Waals surface area contributed by atoms with Crippen LogP contribution in [0.3, 0.4) is 0 Å². The molecule has 0 N–H and O–H groups in total. The molecule has 120 valence electrons. The van der Waals surface area contributed by atoms with Crippen LogP contribution in [0.5, 0.6) is 5.75 Å². The minimum atomic E-state index is -0.334. The third-order valence-electron chi connectivity index (χ3n) is 3.67. The molecule has 0 unspecified atom stereocenters. The van der Waals surface area contributed by atoms with E-state index in [2.05, 4.69) is 0 Å². The van der Waals surface area contributed by atoms with Gasteiger partial charge in [0.2, 0.25) is 0 Å². The number of hydrogen-bond donors (Lipinski definition) is 0. The number of halogens is 1. The summed E-state index contributed by atoms with van der Waals surface area (Å²) in [5.41, 5.74) is 1.50. The molecule has 1 fully saturated rings. The number of carbonyl (C=O) groups is 1. The van der Waals surface area contributed by atoms with Crippen LogP contribution < -0.4 is 4.74 Å². The maximum absolute atomic E-state index is 13.1. The Bertz CT molecular complexity index is 683. The Balaban J connectivity index is 1.66. The van der Waals surface area contributed by atoms with Gasteiger partial charge in [-0.05, 0) is 29.8 Å². The monoisotopic (exact) mass is 315 g/mol. The molecular weight excluding hydrogens is 297 g/mol. The lowest BCUT2D eigenvalue weighted by atomic mass is 10.1. The number of amides is 1. The third-order valence-corrected chi connectivity index (χ3v) is 3.67. The molecule has 23 heavy (non-hydrogen) atoms. The van der Waals surface area contributed by atoms with Gasteiger partial charge in [0.15, 0.2) is 0 Å². The summed E-state index contributed by atoms with van der Waals surface area (Å²) in [5.74, 6) is 0.134. The van der Waals surface area contributed by atoms with Gasteiger partial charge in [-0.25, -0.2) is 4.39 Å². The highest BCUT2D eigenvalue weighted by molar-refractivity contribution is 5.94. The number of nitrogens with zero attached hydrogens (tertiary/aromatic N) is 1. The molecule has 1 aliphatic heterocycles. The van der Waals surface area contributed by atoms with Crippen LogP contribution in [0.25, 0.3) is 0 Å². The number of hydrogen-bond acceptors (Lipinski definition) is 3. The van der Waals surface area contributed by atoms with Crippen LogP contribution in [0.1, 0.15) is 15.9 Å². The van der Waals surface area contributed by atoms with E-state index in [4.69, 9.17) is 9.47 Å². The molecule has 0 radical (unpaired) electrons. The molecule has 2 aromatic rings. The number of carbonyl (C=O) groups excluding carboxylic acids is 1. The minimum absolute atomic E-state index is 0.000838. The maximum Gasteiger partial charge on any atom is 0.254 e. The fraction of sp³-hybridized carbons (Fsp3) is 0.278. The van der Waals surface area contributed by atoms with E-state index in [1.807, 2.05) is 18.2 Å². The molecule has 0 aromatic heterocycles. The first kappa shape index (κ1) is 15.5. The second-order valence-corrected chi connectivity index (χ2v) is 5.35. The molecule has 1 heterocycles. The van der Waals surface area contributed by atoms with E-state index in [0.29, 0.717) is 37.6 Å². The lowest BCUT2D eigenvalue weighted by molar-refractivity contribution is 0.0303. The van der Waals surface area contributed by atoms with Crippen LogP contribution >= 0.6 is 0 Å². The number of ether oxygens (including phenoxy) is 2. The van der Waals surface area contributed by atoms with Crippen molar-refractivity contribution in [3.05, 3.63) is 65.5 Å². The molecular formula is C18H18FNO3. The fourth-order valence-corrected chi connectivity index (χ4v) is 2.47. The first-order chi connectivity index (χ1) is 11.2. The Kier molecular flexibility index (Phi) is 4.88. The van der Waals surface area contributed by atoms with Gasteiger partial charge in [0.05, 0.1) is 13.2 Å². The molecule has 0 aliphatic carbocycles. The Morgan fingerprint density at radius 1 is 1.13 bits per heavy atom. The van der Waals surface area contributed by atoms with Gasteiger partial charge in [0, 0.05) is 24.7 Å². The lowest BCUT2D eigenvalue weighted by Gasteiger charge is -2.27. The van der Waals surface area contributed by atoms with Crippen molar-refractivity contribution in [1.82, 2.24) is 4.90 Å². The van der Waals surface area contributed by atoms with Crippen molar-refractivity contribution in [2.24, 2.45) is 0 Å². The van der Waals surface area contributed by atoms with E-state index >= 15 is 0 Å². The van der Waals surface area contributed by atoms with Crippen molar-refractivity contribution in [2.45, 2.75) is 6.61 Å². The van der Waals surface area contributed by atoms with Gasteiger partial charge >= 0.3 is 0 Å². The summed E-state index contributed by atoms with van der Waals surface area (Å²) < 4.78 is 24.0. The lowest BCUT2D eigenvalue weighted by Crippen LogP contribution is -2.40. The average Bonchev–Trinajstić information content (AvgIpc) is 2.60. The van der Waals surface area contributed by atoms with E-state index in [-0.39, 0.29) is 18.3 Å². The Morgan fingerprint density at radius 2 is 1.91 bits per heavy atom. The third kappa shape index (κ3) is 4.07. The van der Waals surface area contributed by atoms with Gasteiger partial charge in [0.1, 0.15) is 18.2 Å². The molecule has 1 saturated heterocycles. The van der Waals surface area contributed by atoms with Gasteiger partial charge < -0.3 is 14.4 Å². The van der Waals surface area contributed by atoms with Gasteiger partial charge in [-0.1, -0.05) is 18.2 Å². The average molecular weight is 315 g/mol. The van der Waals surface area contributed by atoms with Crippen LogP contribution in [-0.4, -0.2) is 37.1 Å². The van der Waals surface area contributed by atoms with Crippen molar-refractivity contribution < 1.29 is 18.7 Å². The van der Waals surface area contributed by atoms with Crippen molar-refractivity contribution in [3.63, 3.8) is 0 Å². The molecule has 0 atom stereocenters. The van der Waals surface area contributed by atoms with Crippen molar-refractivity contribution in [2.75, 3.05) is 26.3 Å². The maximum atomic E-state index is 13.1. The summed E-state index contributed by atoms with van der Waals surface area (Å²) in [6.07, 6.45) is 0. The second-order valence-electron chi connectivity index (χ2n) is 5.35. The normalized spacial score (nSPS) is 14.6. The topological polar surface area (TPSA) is 38.8 Å². The quantitative estimate of drug-likeness (QED) is 0.871. The molecule has 0 spiro atoms. The highest BCUT2D eigenvalue weighted by Gasteiger charge is 2.18. The SMILES string of the molecule is O=C(c1cccc(COc2cccc(F)c2)c1)N1CCOCC1. The molecule has 4 nitrogen and oxygen atoms in total. The minimum Gasteiger partial charge on any atom is -0.489 e. The number of morpholine rings is 1. The molecule has 2 aromatic carbocycles. The van der Waals surface area contributed by atoms with E-state index in [9.17, 15) is 9.18 Å². The number of rotatable bonds is 4. The van der Waals surface area contributed by atoms with Crippen molar-refractivity contribution >= 4 is 5.91 Å². The van der Waals surface area contributed by atoms with Crippen molar-refractivity contribution in [3.8, 4) is 5.75 Å². The summed E-state index contributed by atoms with van der Waals surface area (Å²) >= 11 is 0. The molecule has 0 bridgehead atoms. The summed E-state index contributed by atoms with van der Waals surface area (Å²) in [4.78, 5) is 14.2. The summed E-state index contributed by atoms with van der Waals surface area (Å²) in [5, 5.41) is 0. The van der Waals surface area contributed by atoms with Gasteiger partial charge in [-0.15, -0.1) is 0 Å². The fourth-order valence-electron chi connectivity index (χ4n) is 2.47. The predicted octanol–water partition coefficient (Wildman–Crippen LogP) is 2.88. The van der Waals surface area contributed by atoms with Crippen LogP contribution in [0.4, 0.5) is 4.39 Å². The highest BCUT2D eigenvalue weighted by Crippen LogP contribution is 2.16. The highest BCUT2D eigenvalue weighted by atomic mass is 19.1. The first-order valence-electron chi connectivity index (χ1n) is 7.57. The van der Waals surface area contributed by atoms with Crippen LogP contribution in [0.2, 0.25) is 0 Å². The predicted molar refractivity (Wildman–Crippen MR) is 83.9 cm³/mol. The van der Waals surface area contributed by atoms with Crippen LogP contribution in [0, 0.1) is 5.82 Å². The molecule has 1 amide bonds. The first-order valence-corrected chi connectivity index (χ1v) is 7.57. The Morgan fingerprint density at radius 3 is 2.70 bits per heavy atom. The largest absolute Gasteiger partial charge is 0.489 e. The zero-order valence-corrected chi connectivity index (χ0v) is 12.7. The van der Waals surface area contributed by atoms with E-state index < -0.39 is 0 Å². The molecule has 5 heteroatoms.